The van der Waals surface area contributed by atoms with Crippen molar-refractivity contribution in [3.63, 3.8) is 0 Å². The topological polar surface area (TPSA) is 37.4 Å². The molecule has 0 rings (SSSR count). The van der Waals surface area contributed by atoms with E-state index in [1.54, 1.807) is 13.0 Å². The second kappa shape index (κ2) is 3.82. The summed E-state index contributed by atoms with van der Waals surface area (Å²) in [5.41, 5.74) is 0. The standard InChI is InChI=1S/C7H11NO2/c1-4-5-7(10)8(3)6(2)9/h4-5H,1-3H3/b5-4+. The van der Waals surface area contributed by atoms with E-state index in [4.69, 9.17) is 0 Å². The van der Waals surface area contributed by atoms with Crippen LogP contribution in [0.1, 0.15) is 13.8 Å². The summed E-state index contributed by atoms with van der Waals surface area (Å²) in [4.78, 5) is 22.4. The van der Waals surface area contributed by atoms with Gasteiger partial charge in [0, 0.05) is 14.0 Å². The van der Waals surface area contributed by atoms with Gasteiger partial charge in [-0.3, -0.25) is 14.5 Å². The molecular formula is C7H11NO2. The molecule has 0 aromatic heterocycles. The van der Waals surface area contributed by atoms with E-state index >= 15 is 0 Å². The lowest BCUT2D eigenvalue weighted by molar-refractivity contribution is -0.138. The second-order valence-corrected chi connectivity index (χ2v) is 1.92. The van der Waals surface area contributed by atoms with Crippen LogP contribution in [0.15, 0.2) is 12.2 Å². The van der Waals surface area contributed by atoms with E-state index < -0.39 is 0 Å². The highest BCUT2D eigenvalue weighted by molar-refractivity contribution is 5.99. The maximum atomic E-state index is 10.8. The Labute approximate surface area is 60.3 Å². The molecule has 56 valence electrons. The molecule has 0 atom stereocenters. The van der Waals surface area contributed by atoms with Crippen LogP contribution >= 0.6 is 0 Å². The van der Waals surface area contributed by atoms with Gasteiger partial charge >= 0.3 is 0 Å². The number of amides is 2. The Balaban J connectivity index is 4.08. The van der Waals surface area contributed by atoms with E-state index in [1.165, 1.54) is 20.0 Å². The van der Waals surface area contributed by atoms with Gasteiger partial charge in [0.15, 0.2) is 0 Å². The van der Waals surface area contributed by atoms with Gasteiger partial charge in [0.25, 0.3) is 5.91 Å². The lowest BCUT2D eigenvalue weighted by Gasteiger charge is -2.08. The molecule has 0 N–H and O–H groups in total. The van der Waals surface area contributed by atoms with Crippen LogP contribution in [-0.4, -0.2) is 23.8 Å². The number of rotatable bonds is 1. The number of carbonyl (C=O) groups is 2. The molecular weight excluding hydrogens is 130 g/mol. The fraction of sp³-hybridized carbons (Fsp3) is 0.429. The summed E-state index contributed by atoms with van der Waals surface area (Å²) in [6.45, 7) is 3.08. The highest BCUT2D eigenvalue weighted by Crippen LogP contribution is 1.86. The van der Waals surface area contributed by atoms with Gasteiger partial charge in [-0.1, -0.05) is 6.08 Å². The largest absolute Gasteiger partial charge is 0.282 e. The van der Waals surface area contributed by atoms with Gasteiger partial charge in [-0.2, -0.15) is 0 Å². The molecule has 0 unspecified atom stereocenters. The number of imide groups is 1. The number of allylic oxidation sites excluding steroid dienone is 1. The number of hydrogen-bond acceptors (Lipinski definition) is 2. The third-order valence-corrected chi connectivity index (χ3v) is 1.11. The Morgan fingerprint density at radius 3 is 2.20 bits per heavy atom. The van der Waals surface area contributed by atoms with Gasteiger partial charge in [-0.25, -0.2) is 0 Å². The summed E-state index contributed by atoms with van der Waals surface area (Å²) < 4.78 is 0. The predicted molar refractivity (Wildman–Crippen MR) is 38.3 cm³/mol. The summed E-state index contributed by atoms with van der Waals surface area (Å²) >= 11 is 0. The smallest absolute Gasteiger partial charge is 0.252 e. The molecule has 0 aliphatic carbocycles. The van der Waals surface area contributed by atoms with Crippen LogP contribution in [0.2, 0.25) is 0 Å². The first-order chi connectivity index (χ1) is 4.59. The molecule has 0 aromatic carbocycles. The van der Waals surface area contributed by atoms with Crippen molar-refractivity contribution in [2.24, 2.45) is 0 Å². The highest BCUT2D eigenvalue weighted by atomic mass is 16.2. The average molecular weight is 141 g/mol. The zero-order chi connectivity index (χ0) is 8.15. The molecule has 0 aliphatic heterocycles. The summed E-state index contributed by atoms with van der Waals surface area (Å²) in [7, 11) is 1.45. The van der Waals surface area contributed by atoms with Crippen LogP contribution in [0.5, 0.6) is 0 Å². The van der Waals surface area contributed by atoms with Gasteiger partial charge in [0.05, 0.1) is 0 Å². The fourth-order valence-corrected chi connectivity index (χ4v) is 0.410. The quantitative estimate of drug-likeness (QED) is 0.500. The number of carbonyl (C=O) groups excluding carboxylic acids is 2. The molecule has 0 fully saturated rings. The van der Waals surface area contributed by atoms with Crippen LogP contribution in [0.25, 0.3) is 0 Å². The first kappa shape index (κ1) is 8.88. The third-order valence-electron chi connectivity index (χ3n) is 1.11. The average Bonchev–Trinajstić information content (AvgIpc) is 1.87. The van der Waals surface area contributed by atoms with Crippen LogP contribution in [0.3, 0.4) is 0 Å². The minimum absolute atomic E-state index is 0.247. The monoisotopic (exact) mass is 141 g/mol. The van der Waals surface area contributed by atoms with Crippen molar-refractivity contribution >= 4 is 11.8 Å². The molecule has 0 heterocycles. The maximum Gasteiger partial charge on any atom is 0.252 e. The molecule has 3 nitrogen and oxygen atoms in total. The van der Waals surface area contributed by atoms with E-state index in [0.29, 0.717) is 0 Å². The SMILES string of the molecule is C/C=C/C(=O)N(C)C(C)=O. The van der Waals surface area contributed by atoms with Crippen molar-refractivity contribution < 1.29 is 9.59 Å². The van der Waals surface area contributed by atoms with E-state index in [0.717, 1.165) is 4.90 Å². The summed E-state index contributed by atoms with van der Waals surface area (Å²) in [6.07, 6.45) is 2.95. The Bertz CT molecular complexity index is 172. The summed E-state index contributed by atoms with van der Waals surface area (Å²) in [6, 6.07) is 0. The van der Waals surface area contributed by atoms with Gasteiger partial charge in [0.1, 0.15) is 0 Å². The molecule has 2 amide bonds. The molecule has 0 aliphatic rings. The zero-order valence-electron chi connectivity index (χ0n) is 6.42. The lowest BCUT2D eigenvalue weighted by Crippen LogP contribution is -2.29. The Hall–Kier alpha value is -1.12. The van der Waals surface area contributed by atoms with E-state index in [1.807, 2.05) is 0 Å². The van der Waals surface area contributed by atoms with Crippen LogP contribution < -0.4 is 0 Å². The van der Waals surface area contributed by atoms with Gasteiger partial charge in [0.2, 0.25) is 5.91 Å². The fourth-order valence-electron chi connectivity index (χ4n) is 0.410. The predicted octanol–water partition coefficient (Wildman–Crippen LogP) is 0.567. The maximum absolute atomic E-state index is 10.8. The van der Waals surface area contributed by atoms with Crippen molar-refractivity contribution in [1.82, 2.24) is 4.90 Å². The summed E-state index contributed by atoms with van der Waals surface area (Å²) in [5.74, 6) is -0.530. The molecule has 3 heteroatoms. The minimum atomic E-state index is -0.282. The molecule has 0 radical (unpaired) electrons. The van der Waals surface area contributed by atoms with Gasteiger partial charge in [-0.05, 0) is 13.0 Å². The second-order valence-electron chi connectivity index (χ2n) is 1.92. The van der Waals surface area contributed by atoms with Crippen LogP contribution in [-0.2, 0) is 9.59 Å². The van der Waals surface area contributed by atoms with Crippen LogP contribution in [0.4, 0.5) is 0 Å². The van der Waals surface area contributed by atoms with Gasteiger partial charge in [-0.15, -0.1) is 0 Å². The van der Waals surface area contributed by atoms with Gasteiger partial charge < -0.3 is 0 Å². The van der Waals surface area contributed by atoms with Crippen molar-refractivity contribution in [3.05, 3.63) is 12.2 Å². The Kier molecular flexibility index (Phi) is 3.39. The van der Waals surface area contributed by atoms with E-state index in [9.17, 15) is 9.59 Å². The molecule has 0 saturated carbocycles. The highest BCUT2D eigenvalue weighted by Gasteiger charge is 2.07. The minimum Gasteiger partial charge on any atom is -0.282 e. The van der Waals surface area contributed by atoms with E-state index in [-0.39, 0.29) is 11.8 Å². The Morgan fingerprint density at radius 2 is 1.90 bits per heavy atom. The normalized spacial score (nSPS) is 9.90. The number of nitrogens with zero attached hydrogens (tertiary/aromatic N) is 1. The first-order valence-electron chi connectivity index (χ1n) is 3.00. The van der Waals surface area contributed by atoms with E-state index in [2.05, 4.69) is 0 Å². The zero-order valence-corrected chi connectivity index (χ0v) is 6.42. The summed E-state index contributed by atoms with van der Waals surface area (Å²) in [5, 5.41) is 0. The van der Waals surface area contributed by atoms with Crippen molar-refractivity contribution in [2.75, 3.05) is 7.05 Å². The van der Waals surface area contributed by atoms with Crippen LogP contribution in [0, 0.1) is 0 Å². The molecule has 0 bridgehead atoms. The van der Waals surface area contributed by atoms with Crippen molar-refractivity contribution in [3.8, 4) is 0 Å². The molecule has 0 saturated heterocycles. The Morgan fingerprint density at radius 1 is 1.40 bits per heavy atom. The van der Waals surface area contributed by atoms with Crippen molar-refractivity contribution in [1.29, 1.82) is 0 Å². The molecule has 0 spiro atoms. The van der Waals surface area contributed by atoms with Crippen molar-refractivity contribution in [2.45, 2.75) is 13.8 Å². The first-order valence-corrected chi connectivity index (χ1v) is 3.00. The number of likely N-dealkylation sites (N-methyl/N-ethyl adjacent to an activating group) is 1. The molecule has 10 heavy (non-hydrogen) atoms. The lowest BCUT2D eigenvalue weighted by atomic mass is 10.4. The number of hydrogen-bond donors (Lipinski definition) is 0. The third kappa shape index (κ3) is 2.44. The molecule has 0 aromatic rings.